The molecular weight excluding hydrogens is 328 g/mol. The van der Waals surface area contributed by atoms with Crippen LogP contribution in [0.3, 0.4) is 0 Å². The van der Waals surface area contributed by atoms with Gasteiger partial charge in [-0.3, -0.25) is 4.79 Å². The normalized spacial score (nSPS) is 17.7. The molecule has 1 N–H and O–H groups in total. The molecule has 136 valence electrons. The number of benzene rings is 1. The zero-order chi connectivity index (χ0) is 17.9. The number of imidazole rings is 1. The molecule has 1 saturated heterocycles. The van der Waals surface area contributed by atoms with Gasteiger partial charge in [-0.25, -0.2) is 4.98 Å². The van der Waals surface area contributed by atoms with Gasteiger partial charge in [0, 0.05) is 39.4 Å². The van der Waals surface area contributed by atoms with E-state index in [4.69, 9.17) is 0 Å². The highest BCUT2D eigenvalue weighted by Gasteiger charge is 2.24. The van der Waals surface area contributed by atoms with Gasteiger partial charge in [0.1, 0.15) is 18.0 Å². The first-order valence-electron chi connectivity index (χ1n) is 9.23. The fourth-order valence-electron chi connectivity index (χ4n) is 3.74. The fourth-order valence-corrected chi connectivity index (χ4v) is 3.74. The third-order valence-corrected chi connectivity index (χ3v) is 5.16. The Morgan fingerprint density at radius 1 is 1.35 bits per heavy atom. The molecule has 0 saturated carbocycles. The van der Waals surface area contributed by atoms with Crippen LogP contribution in [0, 0.1) is 5.92 Å². The van der Waals surface area contributed by atoms with Crippen molar-refractivity contribution in [2.45, 2.75) is 32.1 Å². The van der Waals surface area contributed by atoms with Crippen LogP contribution in [0.25, 0.3) is 11.0 Å². The van der Waals surface area contributed by atoms with Crippen LogP contribution in [-0.2, 0) is 24.7 Å². The third-order valence-electron chi connectivity index (χ3n) is 5.16. The first kappa shape index (κ1) is 16.8. The van der Waals surface area contributed by atoms with Crippen molar-refractivity contribution in [2.75, 3.05) is 13.1 Å². The molecule has 0 bridgehead atoms. The number of piperidine rings is 1. The molecule has 1 atom stereocenters. The predicted molar refractivity (Wildman–Crippen MR) is 98.4 cm³/mol. The van der Waals surface area contributed by atoms with Crippen molar-refractivity contribution in [3.63, 3.8) is 0 Å². The van der Waals surface area contributed by atoms with Crippen LogP contribution in [-0.4, -0.2) is 48.6 Å². The van der Waals surface area contributed by atoms with E-state index in [0.29, 0.717) is 18.8 Å². The Hall–Kier alpha value is -2.70. The molecule has 7 heteroatoms. The molecule has 26 heavy (non-hydrogen) atoms. The SMILES string of the molecule is Cn1cnnc1CCC(=O)N1CCC[C@@H](Cc2nc3ccccc3[nH]2)C1. The maximum atomic E-state index is 12.6. The molecule has 1 aliphatic rings. The number of carbonyl (C=O) groups excluding carboxylic acids is 1. The zero-order valence-corrected chi connectivity index (χ0v) is 15.1. The molecule has 1 fully saturated rings. The van der Waals surface area contributed by atoms with Crippen molar-refractivity contribution in [3.8, 4) is 0 Å². The van der Waals surface area contributed by atoms with Crippen molar-refractivity contribution >= 4 is 16.9 Å². The summed E-state index contributed by atoms with van der Waals surface area (Å²) in [6, 6.07) is 8.10. The fraction of sp³-hybridized carbons (Fsp3) is 0.474. The van der Waals surface area contributed by atoms with Gasteiger partial charge in [0.2, 0.25) is 5.91 Å². The van der Waals surface area contributed by atoms with Gasteiger partial charge in [-0.1, -0.05) is 12.1 Å². The van der Waals surface area contributed by atoms with Crippen LogP contribution < -0.4 is 0 Å². The Labute approximate surface area is 152 Å². The van der Waals surface area contributed by atoms with Crippen LogP contribution in [0.5, 0.6) is 0 Å². The van der Waals surface area contributed by atoms with E-state index in [1.807, 2.05) is 34.7 Å². The number of rotatable bonds is 5. The average molecular weight is 352 g/mol. The molecule has 3 heterocycles. The van der Waals surface area contributed by atoms with Crippen molar-refractivity contribution in [1.82, 2.24) is 29.6 Å². The monoisotopic (exact) mass is 352 g/mol. The molecule has 2 aromatic heterocycles. The first-order chi connectivity index (χ1) is 12.7. The number of nitrogens with zero attached hydrogens (tertiary/aromatic N) is 5. The lowest BCUT2D eigenvalue weighted by Gasteiger charge is -2.32. The topological polar surface area (TPSA) is 79.7 Å². The van der Waals surface area contributed by atoms with Crippen molar-refractivity contribution in [2.24, 2.45) is 13.0 Å². The number of hydrogen-bond donors (Lipinski definition) is 1. The van der Waals surface area contributed by atoms with Gasteiger partial charge in [-0.05, 0) is 30.9 Å². The number of hydrogen-bond acceptors (Lipinski definition) is 4. The van der Waals surface area contributed by atoms with E-state index in [2.05, 4.69) is 26.2 Å². The summed E-state index contributed by atoms with van der Waals surface area (Å²) in [5, 5.41) is 7.92. The minimum absolute atomic E-state index is 0.210. The largest absolute Gasteiger partial charge is 0.342 e. The van der Waals surface area contributed by atoms with Gasteiger partial charge in [-0.2, -0.15) is 0 Å². The number of nitrogens with one attached hydrogen (secondary N) is 1. The lowest BCUT2D eigenvalue weighted by molar-refractivity contribution is -0.133. The molecule has 1 aliphatic heterocycles. The lowest BCUT2D eigenvalue weighted by Crippen LogP contribution is -2.40. The lowest BCUT2D eigenvalue weighted by atomic mass is 9.94. The number of aromatic amines is 1. The Morgan fingerprint density at radius 3 is 3.04 bits per heavy atom. The second-order valence-corrected chi connectivity index (χ2v) is 7.11. The zero-order valence-electron chi connectivity index (χ0n) is 15.1. The molecule has 0 aliphatic carbocycles. The highest BCUT2D eigenvalue weighted by molar-refractivity contribution is 5.76. The quantitative estimate of drug-likeness (QED) is 0.763. The average Bonchev–Trinajstić information content (AvgIpc) is 3.25. The van der Waals surface area contributed by atoms with Crippen molar-refractivity contribution in [3.05, 3.63) is 42.2 Å². The second-order valence-electron chi connectivity index (χ2n) is 7.11. The maximum Gasteiger partial charge on any atom is 0.223 e. The summed E-state index contributed by atoms with van der Waals surface area (Å²) >= 11 is 0. The van der Waals surface area contributed by atoms with Crippen molar-refractivity contribution in [1.29, 1.82) is 0 Å². The first-order valence-corrected chi connectivity index (χ1v) is 9.23. The van der Waals surface area contributed by atoms with Crippen LogP contribution >= 0.6 is 0 Å². The van der Waals surface area contributed by atoms with Gasteiger partial charge in [-0.15, -0.1) is 10.2 Å². The summed E-state index contributed by atoms with van der Waals surface area (Å²) in [5.41, 5.74) is 2.09. The number of amides is 1. The van der Waals surface area contributed by atoms with Gasteiger partial charge in [0.25, 0.3) is 0 Å². The Bertz CT molecular complexity index is 865. The molecule has 3 aromatic rings. The van der Waals surface area contributed by atoms with E-state index < -0.39 is 0 Å². The summed E-state index contributed by atoms with van der Waals surface area (Å²) in [6.07, 6.45) is 5.89. The summed E-state index contributed by atoms with van der Waals surface area (Å²) < 4.78 is 1.87. The van der Waals surface area contributed by atoms with E-state index in [0.717, 1.165) is 55.0 Å². The van der Waals surface area contributed by atoms with Crippen LogP contribution in [0.15, 0.2) is 30.6 Å². The second kappa shape index (κ2) is 7.27. The summed E-state index contributed by atoms with van der Waals surface area (Å²) in [5.74, 6) is 2.55. The van der Waals surface area contributed by atoms with Gasteiger partial charge >= 0.3 is 0 Å². The summed E-state index contributed by atoms with van der Waals surface area (Å²) in [4.78, 5) is 22.7. The molecule has 0 radical (unpaired) electrons. The minimum atomic E-state index is 0.210. The number of likely N-dealkylation sites (tertiary alicyclic amines) is 1. The number of aromatic nitrogens is 5. The van der Waals surface area contributed by atoms with Crippen molar-refractivity contribution < 1.29 is 4.79 Å². The van der Waals surface area contributed by atoms with E-state index in [9.17, 15) is 4.79 Å². The highest BCUT2D eigenvalue weighted by Crippen LogP contribution is 2.22. The number of aryl methyl sites for hydroxylation is 2. The summed E-state index contributed by atoms with van der Waals surface area (Å²) in [7, 11) is 1.91. The number of para-hydroxylation sites is 2. The number of carbonyl (C=O) groups is 1. The smallest absolute Gasteiger partial charge is 0.223 e. The molecule has 4 rings (SSSR count). The van der Waals surface area contributed by atoms with E-state index in [1.165, 1.54) is 0 Å². The molecule has 1 aromatic carbocycles. The molecule has 1 amide bonds. The van der Waals surface area contributed by atoms with E-state index in [1.54, 1.807) is 6.33 Å². The number of H-pyrrole nitrogens is 1. The minimum Gasteiger partial charge on any atom is -0.342 e. The third kappa shape index (κ3) is 3.61. The molecule has 0 unspecified atom stereocenters. The molecular formula is C19H24N6O. The van der Waals surface area contributed by atoms with E-state index >= 15 is 0 Å². The standard InChI is InChI=1S/C19H24N6O/c1-24-13-20-23-18(24)8-9-19(26)25-10-4-5-14(12-25)11-17-21-15-6-2-3-7-16(15)22-17/h2-3,6-7,13-14H,4-5,8-12H2,1H3,(H,21,22)/t14-/m0/s1. The number of fused-ring (bicyclic) bond motifs is 1. The molecule has 7 nitrogen and oxygen atoms in total. The van der Waals surface area contributed by atoms with Gasteiger partial charge in [0.15, 0.2) is 0 Å². The highest BCUT2D eigenvalue weighted by atomic mass is 16.2. The Balaban J connectivity index is 1.34. The Kier molecular flexibility index (Phi) is 4.69. The van der Waals surface area contributed by atoms with Gasteiger partial charge < -0.3 is 14.5 Å². The predicted octanol–water partition coefficient (Wildman–Crippen LogP) is 2.11. The van der Waals surface area contributed by atoms with E-state index in [-0.39, 0.29) is 5.91 Å². The van der Waals surface area contributed by atoms with Crippen LogP contribution in [0.2, 0.25) is 0 Å². The molecule has 0 spiro atoms. The van der Waals surface area contributed by atoms with Gasteiger partial charge in [0.05, 0.1) is 11.0 Å². The van der Waals surface area contributed by atoms with Crippen LogP contribution in [0.4, 0.5) is 0 Å². The Morgan fingerprint density at radius 2 is 2.23 bits per heavy atom. The van der Waals surface area contributed by atoms with Crippen LogP contribution in [0.1, 0.15) is 30.9 Å². The summed E-state index contributed by atoms with van der Waals surface area (Å²) in [6.45, 7) is 1.67. The maximum absolute atomic E-state index is 12.6.